The highest BCUT2D eigenvalue weighted by Crippen LogP contribution is 2.39. The van der Waals surface area contributed by atoms with Crippen LogP contribution in [0.2, 0.25) is 5.02 Å². The quantitative estimate of drug-likeness (QED) is 0.583. The monoisotopic (exact) mass is 244 g/mol. The number of ketones is 1. The first kappa shape index (κ1) is 11.5. The van der Waals surface area contributed by atoms with E-state index >= 15 is 0 Å². The zero-order valence-corrected chi connectivity index (χ0v) is 9.52. The fraction of sp³-hybridized carbons (Fsp3) is 0.417. The highest BCUT2D eigenvalue weighted by atomic mass is 35.5. The van der Waals surface area contributed by atoms with Crippen molar-refractivity contribution in [1.82, 2.24) is 0 Å². The Labute approximate surface area is 97.4 Å². The summed E-state index contributed by atoms with van der Waals surface area (Å²) >= 11 is 5.74. The van der Waals surface area contributed by atoms with Crippen molar-refractivity contribution < 1.29 is 13.6 Å². The van der Waals surface area contributed by atoms with Gasteiger partial charge < -0.3 is 0 Å². The first-order valence-electron chi connectivity index (χ1n) is 5.19. The Kier molecular flexibility index (Phi) is 2.98. The second-order valence-electron chi connectivity index (χ2n) is 4.24. The Hall–Kier alpha value is -0.960. The molecule has 1 nitrogen and oxygen atoms in total. The third-order valence-corrected chi connectivity index (χ3v) is 3.33. The molecular formula is C12H11ClF2O. The normalized spacial score (nSPS) is 17.2. The SMILES string of the molecule is CC(C(=O)c1cc(F)c(F)cc1Cl)C1CC1. The Morgan fingerprint density at radius 3 is 2.50 bits per heavy atom. The Morgan fingerprint density at radius 1 is 1.38 bits per heavy atom. The minimum atomic E-state index is -1.03. The zero-order valence-electron chi connectivity index (χ0n) is 8.77. The first-order valence-corrected chi connectivity index (χ1v) is 5.57. The van der Waals surface area contributed by atoms with E-state index in [-0.39, 0.29) is 22.3 Å². The number of carbonyl (C=O) groups excluding carboxylic acids is 1. The predicted octanol–water partition coefficient (Wildman–Crippen LogP) is 3.85. The van der Waals surface area contributed by atoms with Crippen molar-refractivity contribution in [2.75, 3.05) is 0 Å². The Morgan fingerprint density at radius 2 is 1.94 bits per heavy atom. The maximum absolute atomic E-state index is 13.0. The van der Waals surface area contributed by atoms with Gasteiger partial charge in [-0.1, -0.05) is 18.5 Å². The molecule has 1 aliphatic rings. The third-order valence-electron chi connectivity index (χ3n) is 3.02. The van der Waals surface area contributed by atoms with E-state index in [1.165, 1.54) is 0 Å². The minimum absolute atomic E-state index is 0.0172. The number of Topliss-reactive ketones (excluding diaryl/α,β-unsaturated/α-hetero) is 1. The van der Waals surface area contributed by atoms with Crippen molar-refractivity contribution in [2.24, 2.45) is 11.8 Å². The summed E-state index contributed by atoms with van der Waals surface area (Å²) in [5.41, 5.74) is 0.0833. The second-order valence-corrected chi connectivity index (χ2v) is 4.64. The summed E-state index contributed by atoms with van der Waals surface area (Å²) < 4.78 is 25.8. The van der Waals surface area contributed by atoms with Gasteiger partial charge in [0.2, 0.25) is 0 Å². The van der Waals surface area contributed by atoms with E-state index in [9.17, 15) is 13.6 Å². The molecule has 0 spiro atoms. The molecule has 0 bridgehead atoms. The standard InChI is InChI=1S/C12H11ClF2O/c1-6(7-2-3-7)12(16)8-4-10(14)11(15)5-9(8)13/h4-7H,2-3H2,1H3. The van der Waals surface area contributed by atoms with Crippen molar-refractivity contribution in [3.8, 4) is 0 Å². The summed E-state index contributed by atoms with van der Waals surface area (Å²) in [7, 11) is 0. The van der Waals surface area contributed by atoms with Gasteiger partial charge in [-0.3, -0.25) is 4.79 Å². The summed E-state index contributed by atoms with van der Waals surface area (Å²) in [6.45, 7) is 1.80. The molecule has 0 amide bonds. The van der Waals surface area contributed by atoms with Gasteiger partial charge in [0.15, 0.2) is 17.4 Å². The van der Waals surface area contributed by atoms with Crippen molar-refractivity contribution in [1.29, 1.82) is 0 Å². The second kappa shape index (κ2) is 4.13. The molecule has 1 unspecified atom stereocenters. The number of benzene rings is 1. The van der Waals surface area contributed by atoms with Crippen molar-refractivity contribution in [3.63, 3.8) is 0 Å². The van der Waals surface area contributed by atoms with Crippen LogP contribution in [0.4, 0.5) is 8.78 Å². The summed E-state index contributed by atoms with van der Waals surface area (Å²) in [5, 5.41) is -0.0172. The lowest BCUT2D eigenvalue weighted by Gasteiger charge is -2.10. The number of hydrogen-bond donors (Lipinski definition) is 0. The molecule has 1 saturated carbocycles. The highest BCUT2D eigenvalue weighted by molar-refractivity contribution is 6.34. The number of halogens is 3. The smallest absolute Gasteiger partial charge is 0.167 e. The first-order chi connectivity index (χ1) is 7.50. The number of hydrogen-bond acceptors (Lipinski definition) is 1. The van der Waals surface area contributed by atoms with Crippen molar-refractivity contribution in [2.45, 2.75) is 19.8 Å². The number of carbonyl (C=O) groups is 1. The zero-order chi connectivity index (χ0) is 11.9. The van der Waals surface area contributed by atoms with Crippen molar-refractivity contribution >= 4 is 17.4 Å². The van der Waals surface area contributed by atoms with Crippen LogP contribution in [0, 0.1) is 23.5 Å². The highest BCUT2D eigenvalue weighted by Gasteiger charge is 2.34. The predicted molar refractivity (Wildman–Crippen MR) is 57.6 cm³/mol. The lowest BCUT2D eigenvalue weighted by molar-refractivity contribution is 0.0916. The van der Waals surface area contributed by atoms with E-state index in [1.54, 1.807) is 6.92 Å². The fourth-order valence-electron chi connectivity index (χ4n) is 1.77. The molecule has 4 heteroatoms. The van der Waals surface area contributed by atoms with Crippen LogP contribution in [-0.2, 0) is 0 Å². The molecule has 0 saturated heterocycles. The lowest BCUT2D eigenvalue weighted by Crippen LogP contribution is -2.14. The average Bonchev–Trinajstić information content (AvgIpc) is 3.05. The van der Waals surface area contributed by atoms with E-state index in [2.05, 4.69) is 0 Å². The molecule has 1 aromatic carbocycles. The van der Waals surface area contributed by atoms with E-state index in [4.69, 9.17) is 11.6 Å². The summed E-state index contributed by atoms with van der Waals surface area (Å²) in [6, 6.07) is 1.74. The third kappa shape index (κ3) is 2.09. The maximum atomic E-state index is 13.0. The van der Waals surface area contributed by atoms with E-state index in [0.29, 0.717) is 5.92 Å². The van der Waals surface area contributed by atoms with Crippen LogP contribution in [0.1, 0.15) is 30.1 Å². The van der Waals surface area contributed by atoms with Crippen LogP contribution in [0.25, 0.3) is 0 Å². The fourth-order valence-corrected chi connectivity index (χ4v) is 2.01. The van der Waals surface area contributed by atoms with Gasteiger partial charge in [0.25, 0.3) is 0 Å². The van der Waals surface area contributed by atoms with Crippen LogP contribution >= 0.6 is 11.6 Å². The molecule has 1 atom stereocenters. The molecule has 0 aliphatic heterocycles. The van der Waals surface area contributed by atoms with Gasteiger partial charge in [0.05, 0.1) is 5.02 Å². The molecule has 1 aliphatic carbocycles. The molecule has 0 heterocycles. The molecule has 0 aromatic heterocycles. The Bertz CT molecular complexity index is 441. The van der Waals surface area contributed by atoms with Crippen LogP contribution in [0.15, 0.2) is 12.1 Å². The van der Waals surface area contributed by atoms with Gasteiger partial charge in [-0.15, -0.1) is 0 Å². The van der Waals surface area contributed by atoms with E-state index in [0.717, 1.165) is 25.0 Å². The minimum Gasteiger partial charge on any atom is -0.294 e. The molecule has 1 fully saturated rings. The van der Waals surface area contributed by atoms with Crippen LogP contribution < -0.4 is 0 Å². The van der Waals surface area contributed by atoms with Crippen LogP contribution in [0.5, 0.6) is 0 Å². The molecule has 0 N–H and O–H groups in total. The maximum Gasteiger partial charge on any atom is 0.167 e. The largest absolute Gasteiger partial charge is 0.294 e. The van der Waals surface area contributed by atoms with Gasteiger partial charge >= 0.3 is 0 Å². The van der Waals surface area contributed by atoms with E-state index < -0.39 is 11.6 Å². The molecule has 86 valence electrons. The number of rotatable bonds is 3. The average molecular weight is 245 g/mol. The van der Waals surface area contributed by atoms with Gasteiger partial charge in [-0.25, -0.2) is 8.78 Å². The summed E-state index contributed by atoms with van der Waals surface area (Å²) in [6.07, 6.45) is 2.04. The van der Waals surface area contributed by atoms with Gasteiger partial charge in [0, 0.05) is 11.5 Å². The van der Waals surface area contributed by atoms with Gasteiger partial charge in [0.1, 0.15) is 0 Å². The van der Waals surface area contributed by atoms with E-state index in [1.807, 2.05) is 0 Å². The Balaban J connectivity index is 2.32. The molecule has 16 heavy (non-hydrogen) atoms. The summed E-state index contributed by atoms with van der Waals surface area (Å²) in [4.78, 5) is 11.9. The molecule has 2 rings (SSSR count). The molecular weight excluding hydrogens is 234 g/mol. The summed E-state index contributed by atoms with van der Waals surface area (Å²) in [5.74, 6) is -2.05. The van der Waals surface area contributed by atoms with Crippen molar-refractivity contribution in [3.05, 3.63) is 34.4 Å². The molecule has 1 aromatic rings. The topological polar surface area (TPSA) is 17.1 Å². The molecule has 0 radical (unpaired) electrons. The lowest BCUT2D eigenvalue weighted by atomic mass is 9.95. The van der Waals surface area contributed by atoms with Crippen LogP contribution in [0.3, 0.4) is 0 Å². The van der Waals surface area contributed by atoms with Crippen LogP contribution in [-0.4, -0.2) is 5.78 Å². The van der Waals surface area contributed by atoms with Gasteiger partial charge in [-0.05, 0) is 30.9 Å². The van der Waals surface area contributed by atoms with Gasteiger partial charge in [-0.2, -0.15) is 0 Å².